The zero-order chi connectivity index (χ0) is 14.9. The van der Waals surface area contributed by atoms with Crippen molar-refractivity contribution in [1.82, 2.24) is 9.55 Å². The van der Waals surface area contributed by atoms with Crippen LogP contribution in [0.25, 0.3) is 0 Å². The minimum atomic E-state index is -3.90. The van der Waals surface area contributed by atoms with Gasteiger partial charge in [-0.15, -0.1) is 0 Å². The molecule has 8 heteroatoms. The van der Waals surface area contributed by atoms with Gasteiger partial charge in [0.05, 0.1) is 0 Å². The number of hydrogen-bond acceptors (Lipinski definition) is 3. The van der Waals surface area contributed by atoms with Crippen molar-refractivity contribution in [2.75, 3.05) is 0 Å². The van der Waals surface area contributed by atoms with E-state index in [2.05, 4.69) is 4.98 Å². The van der Waals surface area contributed by atoms with Crippen LogP contribution in [0.1, 0.15) is 18.3 Å². The van der Waals surface area contributed by atoms with Crippen LogP contribution < -0.4 is 5.14 Å². The molecule has 0 saturated heterocycles. The van der Waals surface area contributed by atoms with E-state index in [4.69, 9.17) is 5.14 Å². The van der Waals surface area contributed by atoms with Crippen molar-refractivity contribution in [3.63, 3.8) is 0 Å². The summed E-state index contributed by atoms with van der Waals surface area (Å²) in [6.07, 6.45) is 1.73. The third-order valence-electron chi connectivity index (χ3n) is 2.72. The SMILES string of the molecule is CCc1nc(S(N)(=O)=O)cn1Cc1cc(F)cc(F)c1. The Kier molecular flexibility index (Phi) is 3.87. The molecule has 2 rings (SSSR count). The summed E-state index contributed by atoms with van der Waals surface area (Å²) in [6, 6.07) is 3.13. The van der Waals surface area contributed by atoms with Gasteiger partial charge in [0.2, 0.25) is 0 Å². The summed E-state index contributed by atoms with van der Waals surface area (Å²) < 4.78 is 50.3. The second-order valence-corrected chi connectivity index (χ2v) is 5.81. The van der Waals surface area contributed by atoms with Crippen LogP contribution in [0.15, 0.2) is 29.4 Å². The second kappa shape index (κ2) is 5.29. The fourth-order valence-electron chi connectivity index (χ4n) is 1.88. The van der Waals surface area contributed by atoms with Crippen molar-refractivity contribution in [2.45, 2.75) is 24.9 Å². The molecule has 0 atom stereocenters. The van der Waals surface area contributed by atoms with Gasteiger partial charge in [-0.25, -0.2) is 27.3 Å². The summed E-state index contributed by atoms with van der Waals surface area (Å²) in [5.41, 5.74) is 0.371. The average molecular weight is 301 g/mol. The van der Waals surface area contributed by atoms with Gasteiger partial charge in [-0.1, -0.05) is 6.92 Å². The molecule has 108 valence electrons. The lowest BCUT2D eigenvalue weighted by Crippen LogP contribution is -2.12. The Bertz CT molecular complexity index is 721. The largest absolute Gasteiger partial charge is 0.329 e. The number of rotatable bonds is 4. The molecule has 1 aromatic carbocycles. The molecule has 20 heavy (non-hydrogen) atoms. The number of nitrogens with two attached hydrogens (primary N) is 1. The van der Waals surface area contributed by atoms with Crippen LogP contribution in [-0.2, 0) is 23.0 Å². The van der Waals surface area contributed by atoms with E-state index in [1.54, 1.807) is 6.92 Å². The number of primary sulfonamides is 1. The van der Waals surface area contributed by atoms with E-state index in [1.807, 2.05) is 0 Å². The van der Waals surface area contributed by atoms with Crippen LogP contribution >= 0.6 is 0 Å². The van der Waals surface area contributed by atoms with Gasteiger partial charge in [0.15, 0.2) is 5.03 Å². The van der Waals surface area contributed by atoms with E-state index in [-0.39, 0.29) is 11.6 Å². The van der Waals surface area contributed by atoms with Gasteiger partial charge in [0.25, 0.3) is 10.0 Å². The maximum atomic E-state index is 13.1. The smallest absolute Gasteiger partial charge is 0.257 e. The Morgan fingerprint density at radius 2 is 1.85 bits per heavy atom. The Balaban J connectivity index is 2.40. The Labute approximate surface area is 115 Å². The summed E-state index contributed by atoms with van der Waals surface area (Å²) in [7, 11) is -3.90. The van der Waals surface area contributed by atoms with E-state index in [1.165, 1.54) is 22.9 Å². The first-order valence-electron chi connectivity index (χ1n) is 5.83. The molecule has 0 aliphatic rings. The number of nitrogens with zero attached hydrogens (tertiary/aromatic N) is 2. The fraction of sp³-hybridized carbons (Fsp3) is 0.250. The Morgan fingerprint density at radius 3 is 2.35 bits per heavy atom. The first-order chi connectivity index (χ1) is 9.29. The fourth-order valence-corrected chi connectivity index (χ4v) is 2.39. The third kappa shape index (κ3) is 3.20. The maximum Gasteiger partial charge on any atom is 0.257 e. The van der Waals surface area contributed by atoms with E-state index < -0.39 is 21.7 Å². The molecular weight excluding hydrogens is 288 g/mol. The van der Waals surface area contributed by atoms with E-state index in [9.17, 15) is 17.2 Å². The van der Waals surface area contributed by atoms with Gasteiger partial charge in [0.1, 0.15) is 17.5 Å². The summed E-state index contributed by atoms with van der Waals surface area (Å²) in [6.45, 7) is 1.90. The van der Waals surface area contributed by atoms with Crippen LogP contribution in [0.5, 0.6) is 0 Å². The summed E-state index contributed by atoms with van der Waals surface area (Å²) in [5, 5.41) is 4.75. The lowest BCUT2D eigenvalue weighted by Gasteiger charge is -2.06. The van der Waals surface area contributed by atoms with Crippen molar-refractivity contribution in [1.29, 1.82) is 0 Å². The van der Waals surface area contributed by atoms with Gasteiger partial charge in [-0.3, -0.25) is 0 Å². The number of aryl methyl sites for hydroxylation is 1. The molecular formula is C12H13F2N3O2S. The second-order valence-electron chi connectivity index (χ2n) is 4.30. The highest BCUT2D eigenvalue weighted by atomic mass is 32.2. The van der Waals surface area contributed by atoms with Gasteiger partial charge in [-0.2, -0.15) is 0 Å². The Hall–Kier alpha value is -1.80. The van der Waals surface area contributed by atoms with Crippen molar-refractivity contribution in [2.24, 2.45) is 5.14 Å². The summed E-state index contributed by atoms with van der Waals surface area (Å²) >= 11 is 0. The van der Waals surface area contributed by atoms with Crippen LogP contribution in [-0.4, -0.2) is 18.0 Å². The zero-order valence-corrected chi connectivity index (χ0v) is 11.5. The van der Waals surface area contributed by atoms with Gasteiger partial charge >= 0.3 is 0 Å². The highest BCUT2D eigenvalue weighted by Gasteiger charge is 2.16. The molecule has 0 aliphatic carbocycles. The van der Waals surface area contributed by atoms with E-state index >= 15 is 0 Å². The molecule has 0 aliphatic heterocycles. The van der Waals surface area contributed by atoms with Crippen molar-refractivity contribution in [3.05, 3.63) is 47.4 Å². The Morgan fingerprint density at radius 1 is 1.25 bits per heavy atom. The van der Waals surface area contributed by atoms with Crippen molar-refractivity contribution >= 4 is 10.0 Å². The van der Waals surface area contributed by atoms with E-state index in [0.29, 0.717) is 17.8 Å². The molecule has 0 fully saturated rings. The predicted octanol–water partition coefficient (Wildman–Crippen LogP) is 1.42. The average Bonchev–Trinajstić information content (AvgIpc) is 2.70. The standard InChI is InChI=1S/C12H13F2N3O2S/c1-2-11-16-12(20(15,18)19)7-17(11)6-8-3-9(13)5-10(14)4-8/h3-5,7H,2,6H2,1H3,(H2,15,18,19). The van der Waals surface area contributed by atoms with Crippen molar-refractivity contribution < 1.29 is 17.2 Å². The maximum absolute atomic E-state index is 13.1. The van der Waals surface area contributed by atoms with Gasteiger partial charge < -0.3 is 4.57 Å². The summed E-state index contributed by atoms with van der Waals surface area (Å²) in [4.78, 5) is 3.90. The first kappa shape index (κ1) is 14.6. The molecule has 0 amide bonds. The number of imidazole rings is 1. The van der Waals surface area contributed by atoms with E-state index in [0.717, 1.165) is 6.07 Å². The van der Waals surface area contributed by atoms with Crippen LogP contribution in [0.4, 0.5) is 8.78 Å². The summed E-state index contributed by atoms with van der Waals surface area (Å²) in [5.74, 6) is -0.909. The van der Waals surface area contributed by atoms with Crippen molar-refractivity contribution in [3.8, 4) is 0 Å². The first-order valence-corrected chi connectivity index (χ1v) is 7.38. The molecule has 5 nitrogen and oxygen atoms in total. The van der Waals surface area contributed by atoms with Gasteiger partial charge in [-0.05, 0) is 17.7 Å². The van der Waals surface area contributed by atoms with Crippen LogP contribution in [0.3, 0.4) is 0 Å². The molecule has 2 aromatic rings. The topological polar surface area (TPSA) is 78.0 Å². The third-order valence-corrected chi connectivity index (χ3v) is 3.50. The molecule has 0 radical (unpaired) electrons. The minimum absolute atomic E-state index is 0.111. The quantitative estimate of drug-likeness (QED) is 0.927. The normalized spacial score (nSPS) is 11.8. The molecule has 2 N–H and O–H groups in total. The van der Waals surface area contributed by atoms with Crippen LogP contribution in [0, 0.1) is 11.6 Å². The number of halogens is 2. The molecule has 1 aromatic heterocycles. The highest BCUT2D eigenvalue weighted by Crippen LogP contribution is 2.14. The molecule has 0 spiro atoms. The van der Waals surface area contributed by atoms with Gasteiger partial charge in [0, 0.05) is 25.2 Å². The van der Waals surface area contributed by atoms with Crippen LogP contribution in [0.2, 0.25) is 0 Å². The predicted molar refractivity (Wildman–Crippen MR) is 68.4 cm³/mol. The number of sulfonamides is 1. The number of aromatic nitrogens is 2. The zero-order valence-electron chi connectivity index (χ0n) is 10.7. The lowest BCUT2D eigenvalue weighted by molar-refractivity contribution is 0.576. The number of hydrogen-bond donors (Lipinski definition) is 1. The highest BCUT2D eigenvalue weighted by molar-refractivity contribution is 7.89. The minimum Gasteiger partial charge on any atom is -0.329 e. The monoisotopic (exact) mass is 301 g/mol. The molecule has 0 saturated carbocycles. The molecule has 0 unspecified atom stereocenters. The molecule has 1 heterocycles. The molecule has 0 bridgehead atoms. The lowest BCUT2D eigenvalue weighted by atomic mass is 10.2. The number of benzene rings is 1.